The highest BCUT2D eigenvalue weighted by Crippen LogP contribution is 2.25. The molecule has 0 N–H and O–H groups in total. The van der Waals surface area contributed by atoms with E-state index in [-0.39, 0.29) is 6.61 Å². The Labute approximate surface area is 126 Å². The van der Waals surface area contributed by atoms with Crippen molar-refractivity contribution in [3.63, 3.8) is 0 Å². The van der Waals surface area contributed by atoms with Gasteiger partial charge in [-0.25, -0.2) is 9.78 Å². The third-order valence-electron chi connectivity index (χ3n) is 2.72. The number of benzene rings is 1. The fourth-order valence-electron chi connectivity index (χ4n) is 1.75. The number of hydrogen-bond donors (Lipinski definition) is 0. The highest BCUT2D eigenvalue weighted by molar-refractivity contribution is 7.11. The molecule has 20 heavy (non-hydrogen) atoms. The Kier molecular flexibility index (Phi) is 4.62. The smallest absolute Gasteiger partial charge is 0.342 e. The van der Waals surface area contributed by atoms with Crippen molar-refractivity contribution in [3.05, 3.63) is 44.4 Å². The quantitative estimate of drug-likeness (QED) is 0.806. The predicted molar refractivity (Wildman–Crippen MR) is 78.7 cm³/mol. The molecule has 0 aliphatic rings. The molecule has 6 heteroatoms. The van der Waals surface area contributed by atoms with Crippen LogP contribution in [-0.4, -0.2) is 18.1 Å². The SMILES string of the molecule is COc1cc(Cl)ccc1C(=O)OCc1sc(C)nc1C. The lowest BCUT2D eigenvalue weighted by Gasteiger charge is -2.08. The van der Waals surface area contributed by atoms with E-state index in [0.29, 0.717) is 16.3 Å². The molecule has 0 amide bonds. The van der Waals surface area contributed by atoms with E-state index < -0.39 is 5.97 Å². The van der Waals surface area contributed by atoms with Crippen molar-refractivity contribution in [3.8, 4) is 5.75 Å². The molecule has 1 aromatic heterocycles. The fourth-order valence-corrected chi connectivity index (χ4v) is 2.76. The topological polar surface area (TPSA) is 48.4 Å². The number of aromatic nitrogens is 1. The van der Waals surface area contributed by atoms with E-state index in [2.05, 4.69) is 4.98 Å². The minimum atomic E-state index is -0.441. The molecular weight excluding hydrogens is 298 g/mol. The van der Waals surface area contributed by atoms with Crippen LogP contribution in [0, 0.1) is 13.8 Å². The van der Waals surface area contributed by atoms with Crippen LogP contribution >= 0.6 is 22.9 Å². The Morgan fingerprint density at radius 2 is 2.15 bits per heavy atom. The van der Waals surface area contributed by atoms with Gasteiger partial charge in [0.05, 0.1) is 22.7 Å². The molecule has 0 aliphatic carbocycles. The van der Waals surface area contributed by atoms with Gasteiger partial charge in [-0.1, -0.05) is 11.6 Å². The van der Waals surface area contributed by atoms with E-state index in [9.17, 15) is 4.79 Å². The summed E-state index contributed by atoms with van der Waals surface area (Å²) in [4.78, 5) is 17.3. The largest absolute Gasteiger partial charge is 0.496 e. The lowest BCUT2D eigenvalue weighted by atomic mass is 10.2. The van der Waals surface area contributed by atoms with Gasteiger partial charge in [0.2, 0.25) is 0 Å². The molecule has 106 valence electrons. The van der Waals surface area contributed by atoms with Gasteiger partial charge in [0.25, 0.3) is 0 Å². The second-order valence-electron chi connectivity index (χ2n) is 4.16. The highest BCUT2D eigenvalue weighted by Gasteiger charge is 2.15. The molecule has 0 fully saturated rings. The zero-order valence-corrected chi connectivity index (χ0v) is 13.0. The number of thiazole rings is 1. The van der Waals surface area contributed by atoms with Crippen LogP contribution in [0.3, 0.4) is 0 Å². The van der Waals surface area contributed by atoms with Gasteiger partial charge in [0.15, 0.2) is 0 Å². The second kappa shape index (κ2) is 6.24. The Morgan fingerprint density at radius 3 is 2.75 bits per heavy atom. The van der Waals surface area contributed by atoms with Gasteiger partial charge in [-0.2, -0.15) is 0 Å². The number of hydrogen-bond acceptors (Lipinski definition) is 5. The van der Waals surface area contributed by atoms with E-state index in [0.717, 1.165) is 15.6 Å². The monoisotopic (exact) mass is 311 g/mol. The summed E-state index contributed by atoms with van der Waals surface area (Å²) in [7, 11) is 1.49. The molecule has 0 spiro atoms. The fraction of sp³-hybridized carbons (Fsp3) is 0.286. The average molecular weight is 312 g/mol. The first-order valence-electron chi connectivity index (χ1n) is 5.95. The number of halogens is 1. The standard InChI is InChI=1S/C14H14ClNO3S/c1-8-13(20-9(2)16-8)7-19-14(17)11-5-4-10(15)6-12(11)18-3/h4-6H,7H2,1-3H3. The summed E-state index contributed by atoms with van der Waals surface area (Å²) in [6.07, 6.45) is 0. The zero-order valence-electron chi connectivity index (χ0n) is 11.4. The van der Waals surface area contributed by atoms with E-state index in [1.165, 1.54) is 18.4 Å². The number of carbonyl (C=O) groups excluding carboxylic acids is 1. The van der Waals surface area contributed by atoms with Gasteiger partial charge in [0, 0.05) is 5.02 Å². The maximum atomic E-state index is 12.1. The van der Waals surface area contributed by atoms with Crippen molar-refractivity contribution in [2.24, 2.45) is 0 Å². The minimum absolute atomic E-state index is 0.210. The van der Waals surface area contributed by atoms with Crippen LogP contribution in [0.2, 0.25) is 5.02 Å². The summed E-state index contributed by atoms with van der Waals surface area (Å²) in [5, 5.41) is 1.46. The van der Waals surface area contributed by atoms with Crippen molar-refractivity contribution in [1.82, 2.24) is 4.98 Å². The maximum absolute atomic E-state index is 12.1. The van der Waals surface area contributed by atoms with E-state index in [1.54, 1.807) is 18.2 Å². The third-order valence-corrected chi connectivity index (χ3v) is 4.00. The highest BCUT2D eigenvalue weighted by atomic mass is 35.5. The third kappa shape index (κ3) is 3.29. The number of nitrogens with zero attached hydrogens (tertiary/aromatic N) is 1. The van der Waals surface area contributed by atoms with Crippen molar-refractivity contribution < 1.29 is 14.3 Å². The summed E-state index contributed by atoms with van der Waals surface area (Å²) >= 11 is 7.38. The van der Waals surface area contributed by atoms with Crippen LogP contribution < -0.4 is 4.74 Å². The van der Waals surface area contributed by atoms with Crippen molar-refractivity contribution in [2.45, 2.75) is 20.5 Å². The van der Waals surface area contributed by atoms with Crippen LogP contribution in [0.15, 0.2) is 18.2 Å². The first-order valence-corrected chi connectivity index (χ1v) is 7.14. The first kappa shape index (κ1) is 14.8. The molecule has 0 unspecified atom stereocenters. The molecule has 1 heterocycles. The van der Waals surface area contributed by atoms with Crippen LogP contribution in [0.25, 0.3) is 0 Å². The Morgan fingerprint density at radius 1 is 1.40 bits per heavy atom. The average Bonchev–Trinajstić information content (AvgIpc) is 2.74. The molecule has 0 bridgehead atoms. The first-order chi connectivity index (χ1) is 9.51. The number of methoxy groups -OCH3 is 1. The van der Waals surface area contributed by atoms with Crippen LogP contribution in [0.4, 0.5) is 0 Å². The number of aryl methyl sites for hydroxylation is 2. The lowest BCUT2D eigenvalue weighted by Crippen LogP contribution is -2.07. The summed E-state index contributed by atoms with van der Waals surface area (Å²) < 4.78 is 10.4. The maximum Gasteiger partial charge on any atom is 0.342 e. The molecule has 0 aliphatic heterocycles. The van der Waals surface area contributed by atoms with Crippen LogP contribution in [0.1, 0.15) is 25.9 Å². The van der Waals surface area contributed by atoms with Crippen molar-refractivity contribution in [1.29, 1.82) is 0 Å². The summed E-state index contributed by atoms with van der Waals surface area (Å²) in [6, 6.07) is 4.80. The molecule has 0 atom stereocenters. The number of ether oxygens (including phenoxy) is 2. The molecule has 0 radical (unpaired) electrons. The number of esters is 1. The van der Waals surface area contributed by atoms with E-state index >= 15 is 0 Å². The van der Waals surface area contributed by atoms with Crippen molar-refractivity contribution >= 4 is 28.9 Å². The van der Waals surface area contributed by atoms with E-state index in [1.807, 2.05) is 13.8 Å². The normalized spacial score (nSPS) is 10.4. The Balaban J connectivity index is 2.11. The molecule has 2 rings (SSSR count). The molecule has 0 saturated carbocycles. The Bertz CT molecular complexity index is 639. The molecule has 4 nitrogen and oxygen atoms in total. The van der Waals surface area contributed by atoms with Gasteiger partial charge in [0.1, 0.15) is 17.9 Å². The summed E-state index contributed by atoms with van der Waals surface area (Å²) in [6.45, 7) is 4.03. The Hall–Kier alpha value is -1.59. The van der Waals surface area contributed by atoms with Gasteiger partial charge < -0.3 is 9.47 Å². The summed E-state index contributed by atoms with van der Waals surface area (Å²) in [5.74, 6) is -0.0383. The number of carbonyl (C=O) groups is 1. The summed E-state index contributed by atoms with van der Waals surface area (Å²) in [5.41, 5.74) is 1.25. The lowest BCUT2D eigenvalue weighted by molar-refractivity contribution is 0.0472. The van der Waals surface area contributed by atoms with E-state index in [4.69, 9.17) is 21.1 Å². The van der Waals surface area contributed by atoms with Gasteiger partial charge in [-0.05, 0) is 32.0 Å². The zero-order chi connectivity index (χ0) is 14.7. The van der Waals surface area contributed by atoms with Gasteiger partial charge in [-0.15, -0.1) is 11.3 Å². The molecule has 0 saturated heterocycles. The van der Waals surface area contributed by atoms with Gasteiger partial charge in [-0.3, -0.25) is 0 Å². The minimum Gasteiger partial charge on any atom is -0.496 e. The number of rotatable bonds is 4. The van der Waals surface area contributed by atoms with Crippen molar-refractivity contribution in [2.75, 3.05) is 7.11 Å². The molecule has 1 aromatic carbocycles. The van der Waals surface area contributed by atoms with Crippen LogP contribution in [-0.2, 0) is 11.3 Å². The second-order valence-corrected chi connectivity index (χ2v) is 5.89. The molecular formula is C14H14ClNO3S. The predicted octanol–water partition coefficient (Wildman–Crippen LogP) is 3.78. The van der Waals surface area contributed by atoms with Gasteiger partial charge >= 0.3 is 5.97 Å². The van der Waals surface area contributed by atoms with Crippen LogP contribution in [0.5, 0.6) is 5.75 Å². The molecule has 2 aromatic rings.